The van der Waals surface area contributed by atoms with Crippen LogP contribution < -0.4 is 20.9 Å². The Hall–Kier alpha value is -3.20. The Bertz CT molecular complexity index is 1390. The van der Waals surface area contributed by atoms with Gasteiger partial charge in [0.25, 0.3) is 0 Å². The molecule has 2 saturated heterocycles. The lowest BCUT2D eigenvalue weighted by Gasteiger charge is -2.37. The molecule has 0 saturated carbocycles. The van der Waals surface area contributed by atoms with Crippen LogP contribution in [0.25, 0.3) is 11.5 Å². The Labute approximate surface area is 233 Å². The lowest BCUT2D eigenvalue weighted by Crippen LogP contribution is -2.49. The minimum absolute atomic E-state index is 0.413. The van der Waals surface area contributed by atoms with Gasteiger partial charge in [-0.2, -0.15) is 10.2 Å². The summed E-state index contributed by atoms with van der Waals surface area (Å²) < 4.78 is 5.95. The van der Waals surface area contributed by atoms with Gasteiger partial charge in [-0.3, -0.25) is 0 Å². The molecule has 0 spiro atoms. The molecule has 3 N–H and O–H groups in total. The minimum atomic E-state index is -0.553. The summed E-state index contributed by atoms with van der Waals surface area (Å²) in [5.41, 5.74) is 9.04. The molecule has 1 aliphatic carbocycles. The molecule has 10 nitrogen and oxygen atoms in total. The number of nitrogen functional groups attached to an aromatic ring is 1. The Balaban J connectivity index is 1.38. The second-order valence-electron chi connectivity index (χ2n) is 11.2. The third-order valence-electron chi connectivity index (χ3n) is 8.55. The molecule has 2 unspecified atom stereocenters. The van der Waals surface area contributed by atoms with Crippen molar-refractivity contribution < 1.29 is 4.52 Å². The van der Waals surface area contributed by atoms with Crippen LogP contribution in [0.15, 0.2) is 16.7 Å². The van der Waals surface area contributed by atoms with Crippen molar-refractivity contribution in [3.05, 3.63) is 34.0 Å². The number of nitrogens with two attached hydrogens (primary N) is 1. The standard InChI is InChI=1S/C28H37N9OS/c1-4-35-10-12-36(13-11-35)23-15-19(37-9-8-31-18(2)17-37)14-21(32-23)26-33-27(38-34-26)28(3)7-5-6-22-24(28)20(16-29)25(30)39-22/h14-15,18,31H,4-13,17,30H2,1-3H3. The fourth-order valence-corrected chi connectivity index (χ4v) is 7.47. The number of nitriles is 1. The highest BCUT2D eigenvalue weighted by atomic mass is 32.1. The number of anilines is 3. The first-order valence-corrected chi connectivity index (χ1v) is 14.8. The summed E-state index contributed by atoms with van der Waals surface area (Å²) in [7, 11) is 0. The van der Waals surface area contributed by atoms with Crippen LogP contribution in [0.4, 0.5) is 16.5 Å². The predicted octanol–water partition coefficient (Wildman–Crippen LogP) is 3.23. The van der Waals surface area contributed by atoms with Gasteiger partial charge in [-0.25, -0.2) is 4.98 Å². The van der Waals surface area contributed by atoms with E-state index in [1.54, 1.807) is 0 Å². The van der Waals surface area contributed by atoms with Gasteiger partial charge in [0, 0.05) is 74.0 Å². The molecule has 5 heterocycles. The van der Waals surface area contributed by atoms with Crippen LogP contribution in [-0.2, 0) is 11.8 Å². The van der Waals surface area contributed by atoms with Crippen molar-refractivity contribution >= 4 is 27.8 Å². The van der Waals surface area contributed by atoms with Crippen LogP contribution in [0.2, 0.25) is 0 Å². The van der Waals surface area contributed by atoms with Crippen LogP contribution in [0.3, 0.4) is 0 Å². The van der Waals surface area contributed by atoms with E-state index in [1.807, 2.05) is 0 Å². The number of likely N-dealkylation sites (N-methyl/N-ethyl adjacent to an activating group) is 1. The maximum Gasteiger partial charge on any atom is 0.237 e. The van der Waals surface area contributed by atoms with E-state index < -0.39 is 5.41 Å². The van der Waals surface area contributed by atoms with Crippen molar-refractivity contribution in [2.75, 3.05) is 67.9 Å². The molecular weight excluding hydrogens is 510 g/mol. The van der Waals surface area contributed by atoms with Crippen LogP contribution in [0, 0.1) is 11.3 Å². The SMILES string of the molecule is CCN1CCN(c2cc(N3CCNC(C)C3)cc(-c3noc(C4(C)CCCc5sc(N)c(C#N)c54)n3)n2)CC1. The molecule has 206 valence electrons. The van der Waals surface area contributed by atoms with Gasteiger partial charge in [0.05, 0.1) is 11.0 Å². The van der Waals surface area contributed by atoms with Gasteiger partial charge in [-0.1, -0.05) is 12.1 Å². The summed E-state index contributed by atoms with van der Waals surface area (Å²) in [6.45, 7) is 14.4. The van der Waals surface area contributed by atoms with E-state index in [0.29, 0.717) is 34.0 Å². The van der Waals surface area contributed by atoms with Crippen LogP contribution in [-0.4, -0.2) is 78.4 Å². The van der Waals surface area contributed by atoms with E-state index in [0.717, 1.165) is 93.6 Å². The highest BCUT2D eigenvalue weighted by Gasteiger charge is 2.43. The zero-order valence-corrected chi connectivity index (χ0v) is 23.9. The molecule has 39 heavy (non-hydrogen) atoms. The predicted molar refractivity (Wildman–Crippen MR) is 154 cm³/mol. The van der Waals surface area contributed by atoms with E-state index in [-0.39, 0.29) is 0 Å². The normalized spacial score (nSPS) is 24.0. The van der Waals surface area contributed by atoms with Crippen molar-refractivity contribution in [3.63, 3.8) is 0 Å². The van der Waals surface area contributed by atoms with Gasteiger partial charge in [0.15, 0.2) is 0 Å². The molecule has 3 aromatic heterocycles. The number of aryl methyl sites for hydroxylation is 1. The third kappa shape index (κ3) is 4.75. The molecule has 0 radical (unpaired) electrons. The number of nitrogens with zero attached hydrogens (tertiary/aromatic N) is 7. The molecule has 0 bridgehead atoms. The second-order valence-corrected chi connectivity index (χ2v) is 12.3. The number of fused-ring (bicyclic) bond motifs is 1. The molecule has 0 amide bonds. The minimum Gasteiger partial charge on any atom is -0.389 e. The van der Waals surface area contributed by atoms with Crippen molar-refractivity contribution in [1.29, 1.82) is 5.26 Å². The zero-order chi connectivity index (χ0) is 27.1. The van der Waals surface area contributed by atoms with Crippen LogP contribution in [0.5, 0.6) is 0 Å². The summed E-state index contributed by atoms with van der Waals surface area (Å²) in [5, 5.41) is 18.4. The Morgan fingerprint density at radius 1 is 1.21 bits per heavy atom. The quantitative estimate of drug-likeness (QED) is 0.492. The summed E-state index contributed by atoms with van der Waals surface area (Å²) in [6.07, 6.45) is 2.73. The fourth-order valence-electron chi connectivity index (χ4n) is 6.28. The summed E-state index contributed by atoms with van der Waals surface area (Å²) in [5.74, 6) is 1.96. The van der Waals surface area contributed by atoms with Gasteiger partial charge in [0.1, 0.15) is 22.6 Å². The lowest BCUT2D eigenvalue weighted by atomic mass is 9.72. The van der Waals surface area contributed by atoms with Gasteiger partial charge in [-0.05, 0) is 45.7 Å². The highest BCUT2D eigenvalue weighted by Crippen LogP contribution is 2.48. The molecule has 11 heteroatoms. The molecule has 2 aliphatic heterocycles. The number of hydrogen-bond acceptors (Lipinski definition) is 11. The van der Waals surface area contributed by atoms with Crippen molar-refractivity contribution in [3.8, 4) is 17.6 Å². The van der Waals surface area contributed by atoms with E-state index >= 15 is 0 Å². The number of thiophene rings is 1. The van der Waals surface area contributed by atoms with E-state index in [4.69, 9.17) is 20.2 Å². The number of nitrogens with one attached hydrogen (secondary N) is 1. The average Bonchev–Trinajstić information content (AvgIpc) is 3.58. The second kappa shape index (κ2) is 10.4. The Morgan fingerprint density at radius 2 is 2.03 bits per heavy atom. The number of hydrogen-bond donors (Lipinski definition) is 2. The van der Waals surface area contributed by atoms with Crippen molar-refractivity contribution in [1.82, 2.24) is 25.3 Å². The Kier molecular flexibility index (Phi) is 6.95. The fraction of sp³-hybridized carbons (Fsp3) is 0.571. The summed E-state index contributed by atoms with van der Waals surface area (Å²) in [6, 6.07) is 7.05. The monoisotopic (exact) mass is 547 g/mol. The zero-order valence-electron chi connectivity index (χ0n) is 23.0. The largest absolute Gasteiger partial charge is 0.389 e. The first kappa shape index (κ1) is 26.0. The number of aromatic nitrogens is 3. The first-order chi connectivity index (χ1) is 18.9. The molecular formula is C28H37N9OS. The van der Waals surface area contributed by atoms with Gasteiger partial charge in [0.2, 0.25) is 11.7 Å². The molecule has 0 aromatic carbocycles. The lowest BCUT2D eigenvalue weighted by molar-refractivity contribution is 0.270. The van der Waals surface area contributed by atoms with Gasteiger partial charge < -0.3 is 30.3 Å². The molecule has 2 atom stereocenters. The van der Waals surface area contributed by atoms with Crippen LogP contribution in [0.1, 0.15) is 55.5 Å². The van der Waals surface area contributed by atoms with Crippen molar-refractivity contribution in [2.45, 2.75) is 51.5 Å². The van der Waals surface area contributed by atoms with Gasteiger partial charge in [-0.15, -0.1) is 11.3 Å². The van der Waals surface area contributed by atoms with Crippen LogP contribution >= 0.6 is 11.3 Å². The van der Waals surface area contributed by atoms with E-state index in [2.05, 4.69) is 64.1 Å². The molecule has 3 aliphatic rings. The third-order valence-corrected chi connectivity index (χ3v) is 9.63. The van der Waals surface area contributed by atoms with Crippen molar-refractivity contribution in [2.24, 2.45) is 0 Å². The van der Waals surface area contributed by atoms with Gasteiger partial charge >= 0.3 is 0 Å². The first-order valence-electron chi connectivity index (χ1n) is 14.0. The highest BCUT2D eigenvalue weighted by molar-refractivity contribution is 7.16. The summed E-state index contributed by atoms with van der Waals surface area (Å²) >= 11 is 1.51. The smallest absolute Gasteiger partial charge is 0.237 e. The Morgan fingerprint density at radius 3 is 2.77 bits per heavy atom. The average molecular weight is 548 g/mol. The van der Waals surface area contributed by atoms with E-state index in [9.17, 15) is 5.26 Å². The molecule has 6 rings (SSSR count). The topological polar surface area (TPSA) is 123 Å². The number of piperazine rings is 2. The molecule has 3 aromatic rings. The summed E-state index contributed by atoms with van der Waals surface area (Å²) in [4.78, 5) is 18.4. The maximum absolute atomic E-state index is 9.87. The number of pyridine rings is 1. The van der Waals surface area contributed by atoms with E-state index in [1.165, 1.54) is 11.3 Å². The number of rotatable bonds is 5. The molecule has 2 fully saturated rings. The maximum atomic E-state index is 9.87.